The predicted molar refractivity (Wildman–Crippen MR) is 101 cm³/mol. The lowest BCUT2D eigenvalue weighted by molar-refractivity contribution is 0.538. The zero-order valence-electron chi connectivity index (χ0n) is 14.5. The Balaban J connectivity index is 1.47. The minimum atomic E-state index is 0.431. The molecule has 1 aromatic carbocycles. The molecule has 4 aromatic rings. The number of rotatable bonds is 5. The van der Waals surface area contributed by atoms with E-state index >= 15 is 0 Å². The second kappa shape index (κ2) is 7.26. The largest absolute Gasteiger partial charge is 0.459 e. The molecule has 0 amide bonds. The van der Waals surface area contributed by atoms with Gasteiger partial charge in [-0.2, -0.15) is 0 Å². The number of aromatic nitrogens is 3. The molecular weight excluding hydrogens is 328 g/mol. The van der Waals surface area contributed by atoms with E-state index in [2.05, 4.69) is 25.8 Å². The van der Waals surface area contributed by atoms with Crippen LogP contribution in [-0.2, 0) is 13.1 Å². The first kappa shape index (κ1) is 16.1. The number of furan rings is 1. The minimum absolute atomic E-state index is 0.431. The zero-order valence-corrected chi connectivity index (χ0v) is 14.5. The fourth-order valence-electron chi connectivity index (χ4n) is 2.79. The molecule has 3 aromatic heterocycles. The van der Waals surface area contributed by atoms with Crippen molar-refractivity contribution in [1.82, 2.24) is 25.2 Å². The molecule has 0 spiro atoms. The Hall–Kier alpha value is -3.35. The van der Waals surface area contributed by atoms with E-state index in [1.165, 1.54) is 0 Å². The van der Waals surface area contributed by atoms with Crippen LogP contribution in [0.1, 0.15) is 18.5 Å². The van der Waals surface area contributed by atoms with Gasteiger partial charge in [0.1, 0.15) is 17.9 Å². The summed E-state index contributed by atoms with van der Waals surface area (Å²) in [5.41, 5.74) is 1.71. The van der Waals surface area contributed by atoms with E-state index in [0.29, 0.717) is 19.0 Å². The first-order valence-electron chi connectivity index (χ1n) is 8.62. The van der Waals surface area contributed by atoms with Crippen LogP contribution in [0.4, 0.5) is 0 Å². The Bertz CT molecular complexity index is 1020. The van der Waals surface area contributed by atoms with Crippen LogP contribution in [0, 0.1) is 0 Å². The van der Waals surface area contributed by atoms with Gasteiger partial charge in [0.2, 0.25) is 0 Å². The summed E-state index contributed by atoms with van der Waals surface area (Å²) < 4.78 is 7.77. The van der Waals surface area contributed by atoms with Crippen molar-refractivity contribution in [3.63, 3.8) is 0 Å². The van der Waals surface area contributed by atoms with Gasteiger partial charge in [0.05, 0.1) is 6.54 Å². The van der Waals surface area contributed by atoms with Crippen LogP contribution in [0.5, 0.6) is 0 Å². The minimum Gasteiger partial charge on any atom is -0.459 e. The summed E-state index contributed by atoms with van der Waals surface area (Å²) >= 11 is 0. The Kier molecular flexibility index (Phi) is 4.51. The molecule has 0 aliphatic heterocycles. The molecule has 0 aliphatic carbocycles. The number of fused-ring (bicyclic) bond motifs is 2. The SMILES string of the molecule is CCNC(=NCc1nnc2ccccn12)NCc1cc2ccccc2o1. The molecule has 2 N–H and O–H groups in total. The van der Waals surface area contributed by atoms with E-state index in [4.69, 9.17) is 4.42 Å². The zero-order chi connectivity index (χ0) is 17.8. The second-order valence-electron chi connectivity index (χ2n) is 5.84. The van der Waals surface area contributed by atoms with E-state index in [0.717, 1.165) is 34.7 Å². The number of pyridine rings is 1. The van der Waals surface area contributed by atoms with Gasteiger partial charge in [0.15, 0.2) is 17.4 Å². The molecule has 3 heterocycles. The highest BCUT2D eigenvalue weighted by Gasteiger charge is 2.06. The third-order valence-electron chi connectivity index (χ3n) is 4.01. The first-order chi connectivity index (χ1) is 12.8. The van der Waals surface area contributed by atoms with Gasteiger partial charge in [-0.05, 0) is 31.2 Å². The summed E-state index contributed by atoms with van der Waals surface area (Å²) in [5, 5.41) is 16.0. The highest BCUT2D eigenvalue weighted by atomic mass is 16.3. The molecule has 0 saturated heterocycles. The lowest BCUT2D eigenvalue weighted by Crippen LogP contribution is -2.36. The number of para-hydroxylation sites is 1. The summed E-state index contributed by atoms with van der Waals surface area (Å²) in [6, 6.07) is 15.8. The molecule has 26 heavy (non-hydrogen) atoms. The van der Waals surface area contributed by atoms with Crippen molar-refractivity contribution in [3.05, 3.63) is 66.3 Å². The Morgan fingerprint density at radius 1 is 1.12 bits per heavy atom. The topological polar surface area (TPSA) is 79.8 Å². The highest BCUT2D eigenvalue weighted by Crippen LogP contribution is 2.18. The fourth-order valence-corrected chi connectivity index (χ4v) is 2.79. The van der Waals surface area contributed by atoms with Crippen LogP contribution in [-0.4, -0.2) is 27.1 Å². The molecule has 0 bridgehead atoms. The number of aliphatic imine (C=N–C) groups is 1. The van der Waals surface area contributed by atoms with Crippen molar-refractivity contribution in [1.29, 1.82) is 0 Å². The third-order valence-corrected chi connectivity index (χ3v) is 4.01. The molecule has 0 radical (unpaired) electrons. The van der Waals surface area contributed by atoms with Gasteiger partial charge in [-0.3, -0.25) is 4.40 Å². The summed E-state index contributed by atoms with van der Waals surface area (Å²) in [7, 11) is 0. The molecule has 132 valence electrons. The van der Waals surface area contributed by atoms with Gasteiger partial charge in [-0.25, -0.2) is 4.99 Å². The molecule has 0 fully saturated rings. The van der Waals surface area contributed by atoms with Crippen LogP contribution in [0.2, 0.25) is 0 Å². The smallest absolute Gasteiger partial charge is 0.192 e. The van der Waals surface area contributed by atoms with Gasteiger partial charge < -0.3 is 15.1 Å². The molecular formula is C19H20N6O. The lowest BCUT2D eigenvalue weighted by Gasteiger charge is -2.09. The number of benzene rings is 1. The maximum Gasteiger partial charge on any atom is 0.192 e. The van der Waals surface area contributed by atoms with Crippen molar-refractivity contribution >= 4 is 22.6 Å². The average Bonchev–Trinajstić information content (AvgIpc) is 3.27. The van der Waals surface area contributed by atoms with Crippen molar-refractivity contribution < 1.29 is 4.42 Å². The van der Waals surface area contributed by atoms with Gasteiger partial charge >= 0.3 is 0 Å². The van der Waals surface area contributed by atoms with E-state index < -0.39 is 0 Å². The van der Waals surface area contributed by atoms with E-state index in [1.807, 2.05) is 66.1 Å². The summed E-state index contributed by atoms with van der Waals surface area (Å²) in [6.45, 7) is 3.79. The molecule has 0 saturated carbocycles. The number of nitrogens with zero attached hydrogens (tertiary/aromatic N) is 4. The van der Waals surface area contributed by atoms with Crippen LogP contribution in [0.3, 0.4) is 0 Å². The summed E-state index contributed by atoms with van der Waals surface area (Å²) in [6.07, 6.45) is 1.94. The molecule has 0 unspecified atom stereocenters. The van der Waals surface area contributed by atoms with Crippen molar-refractivity contribution in [2.75, 3.05) is 6.54 Å². The Morgan fingerprint density at radius 3 is 2.88 bits per heavy atom. The fraction of sp³-hybridized carbons (Fsp3) is 0.211. The number of guanidine groups is 1. The monoisotopic (exact) mass is 348 g/mol. The Labute approximate surface area is 150 Å². The number of nitrogens with one attached hydrogen (secondary N) is 2. The maximum atomic E-state index is 5.83. The molecule has 0 atom stereocenters. The molecule has 7 nitrogen and oxygen atoms in total. The summed E-state index contributed by atoms with van der Waals surface area (Å²) in [5.74, 6) is 2.37. The molecule has 4 rings (SSSR count). The van der Waals surface area contributed by atoms with Crippen molar-refractivity contribution in [2.45, 2.75) is 20.0 Å². The first-order valence-corrected chi connectivity index (χ1v) is 8.62. The highest BCUT2D eigenvalue weighted by molar-refractivity contribution is 5.80. The Morgan fingerprint density at radius 2 is 2.00 bits per heavy atom. The number of hydrogen-bond acceptors (Lipinski definition) is 4. The van der Waals surface area contributed by atoms with E-state index in [1.54, 1.807) is 0 Å². The summed E-state index contributed by atoms with van der Waals surface area (Å²) in [4.78, 5) is 4.60. The normalized spacial score (nSPS) is 12.0. The van der Waals surface area contributed by atoms with Gasteiger partial charge in [-0.15, -0.1) is 10.2 Å². The molecule has 0 aliphatic rings. The van der Waals surface area contributed by atoms with Gasteiger partial charge in [-0.1, -0.05) is 24.3 Å². The van der Waals surface area contributed by atoms with E-state index in [-0.39, 0.29) is 0 Å². The third kappa shape index (κ3) is 3.37. The van der Waals surface area contributed by atoms with Crippen LogP contribution in [0.25, 0.3) is 16.6 Å². The quantitative estimate of drug-likeness (QED) is 0.428. The number of hydrogen-bond donors (Lipinski definition) is 2. The molecule has 7 heteroatoms. The average molecular weight is 348 g/mol. The van der Waals surface area contributed by atoms with Crippen LogP contribution >= 0.6 is 0 Å². The van der Waals surface area contributed by atoms with Crippen molar-refractivity contribution in [3.8, 4) is 0 Å². The van der Waals surface area contributed by atoms with Crippen LogP contribution < -0.4 is 10.6 Å². The van der Waals surface area contributed by atoms with Crippen molar-refractivity contribution in [2.24, 2.45) is 4.99 Å². The second-order valence-corrected chi connectivity index (χ2v) is 5.84. The lowest BCUT2D eigenvalue weighted by atomic mass is 10.2. The maximum absolute atomic E-state index is 5.83. The van der Waals surface area contributed by atoms with Gasteiger partial charge in [0, 0.05) is 18.1 Å². The van der Waals surface area contributed by atoms with Crippen LogP contribution in [0.15, 0.2) is 64.1 Å². The van der Waals surface area contributed by atoms with E-state index in [9.17, 15) is 0 Å². The standard InChI is InChI=1S/C19H20N6O/c1-2-20-19(21-12-15-11-14-7-3-4-8-16(14)26-15)22-13-18-24-23-17-9-5-6-10-25(17)18/h3-11H,2,12-13H2,1H3,(H2,20,21,22). The van der Waals surface area contributed by atoms with Gasteiger partial charge in [0.25, 0.3) is 0 Å². The predicted octanol–water partition coefficient (Wildman–Crippen LogP) is 2.73.